The van der Waals surface area contributed by atoms with Crippen molar-refractivity contribution in [3.05, 3.63) is 33.8 Å². The van der Waals surface area contributed by atoms with Gasteiger partial charge in [-0.25, -0.2) is 0 Å². The van der Waals surface area contributed by atoms with Crippen LogP contribution in [0.4, 0.5) is 0 Å². The number of carbonyl (C=O) groups is 2. The maximum atomic E-state index is 11.8. The Hall–Kier alpha value is -0.970. The molecule has 1 N–H and O–H groups in total. The van der Waals surface area contributed by atoms with Gasteiger partial charge in [-0.1, -0.05) is 29.3 Å². The molecule has 0 spiro atoms. The van der Waals surface area contributed by atoms with E-state index in [4.69, 9.17) is 34.8 Å². The Morgan fingerprint density at radius 2 is 2.06 bits per heavy atom. The van der Waals surface area contributed by atoms with Crippen molar-refractivity contribution in [2.24, 2.45) is 0 Å². The first-order valence-corrected chi connectivity index (χ1v) is 6.10. The lowest BCUT2D eigenvalue weighted by atomic mass is 10.2. The van der Waals surface area contributed by atoms with Gasteiger partial charge in [-0.2, -0.15) is 0 Å². The molecular weight excluding hydrogens is 300 g/mol. The van der Waals surface area contributed by atoms with E-state index >= 15 is 0 Å². The Morgan fingerprint density at radius 3 is 2.67 bits per heavy atom. The third kappa shape index (κ3) is 3.77. The van der Waals surface area contributed by atoms with Gasteiger partial charge in [0.05, 0.1) is 22.7 Å². The maximum absolute atomic E-state index is 11.8. The van der Waals surface area contributed by atoms with Crippen LogP contribution in [0.15, 0.2) is 18.2 Å². The highest BCUT2D eigenvalue weighted by Gasteiger charge is 2.18. The lowest BCUT2D eigenvalue weighted by Gasteiger charge is -2.10. The van der Waals surface area contributed by atoms with E-state index in [1.807, 2.05) is 0 Å². The molecule has 0 fully saturated rings. The highest BCUT2D eigenvalue weighted by Crippen LogP contribution is 2.25. The Morgan fingerprint density at radius 1 is 1.39 bits per heavy atom. The van der Waals surface area contributed by atoms with E-state index in [9.17, 15) is 9.59 Å². The van der Waals surface area contributed by atoms with Gasteiger partial charge in [-0.05, 0) is 12.1 Å². The molecule has 1 aromatic rings. The van der Waals surface area contributed by atoms with Gasteiger partial charge in [-0.3, -0.25) is 9.59 Å². The van der Waals surface area contributed by atoms with Crippen LogP contribution in [0.1, 0.15) is 10.4 Å². The molecule has 0 radical (unpaired) electrons. The Labute approximate surface area is 119 Å². The Bertz CT molecular complexity index is 465. The second kappa shape index (κ2) is 6.83. The summed E-state index contributed by atoms with van der Waals surface area (Å²) in [6.45, 7) is -0.0596. The summed E-state index contributed by atoms with van der Waals surface area (Å²) in [5, 5.41) is 1.95. The molecule has 1 amide bonds. The predicted molar refractivity (Wildman–Crippen MR) is 70.5 cm³/mol. The molecule has 7 heteroatoms. The van der Waals surface area contributed by atoms with Crippen molar-refractivity contribution in [3.63, 3.8) is 0 Å². The van der Waals surface area contributed by atoms with Gasteiger partial charge in [-0.15, -0.1) is 11.6 Å². The summed E-state index contributed by atoms with van der Waals surface area (Å²) in [5.41, 5.74) is 0.220. The van der Waals surface area contributed by atoms with Gasteiger partial charge in [0.15, 0.2) is 0 Å². The zero-order chi connectivity index (χ0) is 13.7. The number of amides is 1. The second-order valence-corrected chi connectivity index (χ2v) is 4.61. The van der Waals surface area contributed by atoms with Crippen LogP contribution in [0.25, 0.3) is 0 Å². The van der Waals surface area contributed by atoms with Crippen LogP contribution in [0.2, 0.25) is 10.0 Å². The number of alkyl halides is 1. The number of hydrogen-bond acceptors (Lipinski definition) is 3. The monoisotopic (exact) mass is 309 g/mol. The molecule has 1 unspecified atom stereocenters. The molecule has 1 rings (SSSR count). The highest BCUT2D eigenvalue weighted by atomic mass is 35.5. The molecule has 1 aromatic carbocycles. The van der Waals surface area contributed by atoms with Crippen LogP contribution in [0.3, 0.4) is 0 Å². The van der Waals surface area contributed by atoms with Gasteiger partial charge in [0.25, 0.3) is 5.91 Å². The number of carbonyl (C=O) groups excluding carboxylic acids is 2. The number of halogens is 3. The third-order valence-corrected chi connectivity index (χ3v) is 3.25. The summed E-state index contributed by atoms with van der Waals surface area (Å²) >= 11 is 17.3. The maximum Gasteiger partial charge on any atom is 0.325 e. The van der Waals surface area contributed by atoms with E-state index in [0.717, 1.165) is 0 Å². The fourth-order valence-electron chi connectivity index (χ4n) is 1.17. The van der Waals surface area contributed by atoms with Crippen molar-refractivity contribution >= 4 is 46.7 Å². The number of rotatable bonds is 4. The molecule has 0 saturated carbocycles. The number of benzene rings is 1. The van der Waals surface area contributed by atoms with E-state index in [2.05, 4.69) is 10.1 Å². The van der Waals surface area contributed by atoms with Crippen molar-refractivity contribution in [2.75, 3.05) is 13.7 Å². The first-order chi connectivity index (χ1) is 8.47. The largest absolute Gasteiger partial charge is 0.468 e. The summed E-state index contributed by atoms with van der Waals surface area (Å²) < 4.78 is 4.42. The van der Waals surface area contributed by atoms with E-state index in [1.54, 1.807) is 12.1 Å². The number of methoxy groups -OCH3 is 1. The predicted octanol–water partition coefficient (Wildman–Crippen LogP) is 2.50. The summed E-state index contributed by atoms with van der Waals surface area (Å²) in [6, 6.07) is 4.69. The van der Waals surface area contributed by atoms with Crippen molar-refractivity contribution in [3.8, 4) is 0 Å². The summed E-state index contributed by atoms with van der Waals surface area (Å²) in [7, 11) is 1.22. The molecule has 0 bridgehead atoms. The highest BCUT2D eigenvalue weighted by molar-refractivity contribution is 6.43. The standard InChI is InChI=1S/C11H10Cl3NO3/c1-18-11(17)8(13)5-15-10(16)6-3-2-4-7(12)9(6)14/h2-4,8H,5H2,1H3,(H,15,16). The minimum atomic E-state index is -0.947. The molecule has 0 aromatic heterocycles. The second-order valence-electron chi connectivity index (χ2n) is 3.30. The van der Waals surface area contributed by atoms with Crippen molar-refractivity contribution in [1.82, 2.24) is 5.32 Å². The molecule has 0 aliphatic rings. The summed E-state index contributed by atoms with van der Waals surface area (Å²) in [6.07, 6.45) is 0. The molecule has 0 heterocycles. The van der Waals surface area contributed by atoms with Gasteiger partial charge in [0.1, 0.15) is 5.38 Å². The third-order valence-electron chi connectivity index (χ3n) is 2.09. The van der Waals surface area contributed by atoms with Crippen molar-refractivity contribution in [2.45, 2.75) is 5.38 Å². The SMILES string of the molecule is COC(=O)C(Cl)CNC(=O)c1cccc(Cl)c1Cl. The smallest absolute Gasteiger partial charge is 0.325 e. The first kappa shape index (κ1) is 15.1. The minimum absolute atomic E-state index is 0.0596. The van der Waals surface area contributed by atoms with Crippen molar-refractivity contribution < 1.29 is 14.3 Å². The molecule has 0 aliphatic heterocycles. The fraction of sp³-hybridized carbons (Fsp3) is 0.273. The van der Waals surface area contributed by atoms with Gasteiger partial charge < -0.3 is 10.1 Å². The molecular formula is C11H10Cl3NO3. The molecule has 18 heavy (non-hydrogen) atoms. The van der Waals surface area contributed by atoms with Gasteiger partial charge in [0.2, 0.25) is 0 Å². The van der Waals surface area contributed by atoms with E-state index in [-0.39, 0.29) is 22.2 Å². The van der Waals surface area contributed by atoms with Crippen LogP contribution < -0.4 is 5.32 Å². The van der Waals surface area contributed by atoms with Crippen LogP contribution in [0, 0.1) is 0 Å². The molecule has 0 aliphatic carbocycles. The quantitative estimate of drug-likeness (QED) is 0.687. The van der Waals surface area contributed by atoms with E-state index in [0.29, 0.717) is 0 Å². The molecule has 98 valence electrons. The molecule has 4 nitrogen and oxygen atoms in total. The zero-order valence-electron chi connectivity index (χ0n) is 9.38. The zero-order valence-corrected chi connectivity index (χ0v) is 11.6. The number of esters is 1. The first-order valence-electron chi connectivity index (χ1n) is 4.91. The summed E-state index contributed by atoms with van der Waals surface area (Å²) in [5.74, 6) is -1.08. The number of hydrogen-bond donors (Lipinski definition) is 1. The summed E-state index contributed by atoms with van der Waals surface area (Å²) in [4.78, 5) is 22.8. The van der Waals surface area contributed by atoms with Crippen LogP contribution >= 0.6 is 34.8 Å². The molecule has 1 atom stereocenters. The van der Waals surface area contributed by atoms with Crippen LogP contribution in [-0.4, -0.2) is 30.9 Å². The lowest BCUT2D eigenvalue weighted by Crippen LogP contribution is -2.34. The van der Waals surface area contributed by atoms with E-state index < -0.39 is 17.3 Å². The van der Waals surface area contributed by atoms with Gasteiger partial charge in [0, 0.05) is 6.54 Å². The lowest BCUT2D eigenvalue weighted by molar-refractivity contribution is -0.140. The van der Waals surface area contributed by atoms with Crippen molar-refractivity contribution in [1.29, 1.82) is 0 Å². The molecule has 0 saturated heterocycles. The average molecular weight is 311 g/mol. The topological polar surface area (TPSA) is 55.4 Å². The average Bonchev–Trinajstić information content (AvgIpc) is 2.37. The Kier molecular flexibility index (Phi) is 5.72. The van der Waals surface area contributed by atoms with Gasteiger partial charge >= 0.3 is 5.97 Å². The normalized spacial score (nSPS) is 11.8. The fourth-order valence-corrected chi connectivity index (χ4v) is 1.72. The van der Waals surface area contributed by atoms with Crippen LogP contribution in [0.5, 0.6) is 0 Å². The van der Waals surface area contributed by atoms with E-state index in [1.165, 1.54) is 13.2 Å². The Balaban J connectivity index is 2.66. The van der Waals surface area contributed by atoms with Crippen LogP contribution in [-0.2, 0) is 9.53 Å². The number of nitrogens with one attached hydrogen (secondary N) is 1. The minimum Gasteiger partial charge on any atom is -0.468 e. The number of ether oxygens (including phenoxy) is 1.